The van der Waals surface area contributed by atoms with Gasteiger partial charge in [-0.3, -0.25) is 19.3 Å². The van der Waals surface area contributed by atoms with Crippen molar-refractivity contribution in [3.8, 4) is 0 Å². The summed E-state index contributed by atoms with van der Waals surface area (Å²) >= 11 is 0. The molecule has 6 heteroatoms. The molecule has 1 saturated heterocycles. The van der Waals surface area contributed by atoms with Crippen LogP contribution < -0.4 is 11.1 Å². The first-order chi connectivity index (χ1) is 9.49. The number of likely N-dealkylation sites (tertiary alicyclic amines) is 1. The molecule has 3 N–H and O–H groups in total. The van der Waals surface area contributed by atoms with E-state index in [4.69, 9.17) is 5.73 Å². The van der Waals surface area contributed by atoms with Crippen LogP contribution in [0.25, 0.3) is 0 Å². The molecule has 1 aromatic rings. The van der Waals surface area contributed by atoms with E-state index in [-0.39, 0.29) is 30.6 Å². The Kier molecular flexibility index (Phi) is 4.02. The van der Waals surface area contributed by atoms with E-state index in [1.54, 1.807) is 24.3 Å². The van der Waals surface area contributed by atoms with Gasteiger partial charge in [0.05, 0.1) is 6.42 Å². The first-order valence-corrected chi connectivity index (χ1v) is 6.42. The maximum atomic E-state index is 11.9. The maximum absolute atomic E-state index is 11.9. The Morgan fingerprint density at radius 2 is 2.10 bits per heavy atom. The highest BCUT2D eigenvalue weighted by atomic mass is 16.2. The first kappa shape index (κ1) is 14.0. The molecule has 106 valence electrons. The van der Waals surface area contributed by atoms with Gasteiger partial charge in [0.1, 0.15) is 6.04 Å². The minimum Gasteiger partial charge on any atom is -0.398 e. The van der Waals surface area contributed by atoms with E-state index >= 15 is 0 Å². The Morgan fingerprint density at radius 1 is 1.40 bits per heavy atom. The Bertz CT molecular complexity index is 556. The van der Waals surface area contributed by atoms with Crippen LogP contribution in [0.4, 0.5) is 5.69 Å². The van der Waals surface area contributed by atoms with Gasteiger partial charge >= 0.3 is 0 Å². The summed E-state index contributed by atoms with van der Waals surface area (Å²) in [4.78, 5) is 36.2. The zero-order valence-corrected chi connectivity index (χ0v) is 11.3. The number of piperidine rings is 1. The number of rotatable bonds is 3. The molecule has 0 spiro atoms. The number of hydrogen-bond donors (Lipinski definition) is 2. The standard InChI is InChI=1S/C14H17N3O3/c1-17-13(19)7-6-11(14(17)20)16-12(18)8-9-4-2-3-5-10(9)15/h2-5,11H,6-8,15H2,1H3,(H,16,18). The molecule has 0 saturated carbocycles. The molecule has 20 heavy (non-hydrogen) atoms. The molecule has 0 aromatic heterocycles. The number of para-hydroxylation sites is 1. The lowest BCUT2D eigenvalue weighted by atomic mass is 10.0. The quantitative estimate of drug-likeness (QED) is 0.603. The van der Waals surface area contributed by atoms with Crippen LogP contribution in [0.2, 0.25) is 0 Å². The van der Waals surface area contributed by atoms with Crippen LogP contribution in [-0.4, -0.2) is 35.7 Å². The predicted octanol–water partition coefficient (Wildman–Crippen LogP) is 0.0749. The number of amides is 3. The highest BCUT2D eigenvalue weighted by Gasteiger charge is 2.32. The third kappa shape index (κ3) is 2.96. The van der Waals surface area contributed by atoms with Crippen molar-refractivity contribution in [2.75, 3.05) is 12.8 Å². The van der Waals surface area contributed by atoms with E-state index in [9.17, 15) is 14.4 Å². The van der Waals surface area contributed by atoms with Gasteiger partial charge in [0.15, 0.2) is 0 Å². The second-order valence-electron chi connectivity index (χ2n) is 4.83. The highest BCUT2D eigenvalue weighted by Crippen LogP contribution is 2.13. The van der Waals surface area contributed by atoms with Crippen molar-refractivity contribution in [3.05, 3.63) is 29.8 Å². The van der Waals surface area contributed by atoms with E-state index in [1.807, 2.05) is 0 Å². The molecule has 0 radical (unpaired) electrons. The molecule has 0 bridgehead atoms. The number of hydrogen-bond acceptors (Lipinski definition) is 4. The van der Waals surface area contributed by atoms with Crippen LogP contribution >= 0.6 is 0 Å². The highest BCUT2D eigenvalue weighted by molar-refractivity contribution is 6.01. The summed E-state index contributed by atoms with van der Waals surface area (Å²) in [6.07, 6.45) is 0.729. The van der Waals surface area contributed by atoms with Gasteiger partial charge < -0.3 is 11.1 Å². The number of carbonyl (C=O) groups is 3. The number of nitrogens with zero attached hydrogens (tertiary/aromatic N) is 1. The molecule has 6 nitrogen and oxygen atoms in total. The molecule has 1 aliphatic heterocycles. The number of nitrogens with two attached hydrogens (primary N) is 1. The average Bonchev–Trinajstić information content (AvgIpc) is 2.42. The number of carbonyl (C=O) groups excluding carboxylic acids is 3. The number of anilines is 1. The smallest absolute Gasteiger partial charge is 0.251 e. The number of likely N-dealkylation sites (N-methyl/N-ethyl adjacent to an activating group) is 1. The Morgan fingerprint density at radius 3 is 2.80 bits per heavy atom. The minimum absolute atomic E-state index is 0.119. The van der Waals surface area contributed by atoms with Gasteiger partial charge in [-0.2, -0.15) is 0 Å². The van der Waals surface area contributed by atoms with Crippen molar-refractivity contribution in [1.29, 1.82) is 0 Å². The van der Waals surface area contributed by atoms with E-state index in [0.717, 1.165) is 10.5 Å². The maximum Gasteiger partial charge on any atom is 0.251 e. The summed E-state index contributed by atoms with van der Waals surface area (Å²) in [6.45, 7) is 0. The molecule has 1 fully saturated rings. The van der Waals surface area contributed by atoms with Crippen LogP contribution in [0, 0.1) is 0 Å². The van der Waals surface area contributed by atoms with E-state index in [1.165, 1.54) is 7.05 Å². The van der Waals surface area contributed by atoms with Crippen molar-refractivity contribution in [1.82, 2.24) is 10.2 Å². The average molecular weight is 275 g/mol. The molecule has 1 atom stereocenters. The molecule has 0 aliphatic carbocycles. The molecule has 2 rings (SSSR count). The summed E-state index contributed by atoms with van der Waals surface area (Å²) in [5, 5.41) is 2.66. The molecular formula is C14H17N3O3. The lowest BCUT2D eigenvalue weighted by Crippen LogP contribution is -2.53. The summed E-state index contributed by atoms with van der Waals surface area (Å²) in [5.74, 6) is -0.854. The molecule has 1 heterocycles. The topological polar surface area (TPSA) is 92.5 Å². The van der Waals surface area contributed by atoms with E-state index in [2.05, 4.69) is 5.32 Å². The third-order valence-corrected chi connectivity index (χ3v) is 3.39. The first-order valence-electron chi connectivity index (χ1n) is 6.42. The van der Waals surface area contributed by atoms with E-state index < -0.39 is 6.04 Å². The molecule has 1 aromatic carbocycles. The number of nitrogens with one attached hydrogen (secondary N) is 1. The number of nitrogen functional groups attached to an aromatic ring is 1. The SMILES string of the molecule is CN1C(=O)CCC(NC(=O)Cc2ccccc2N)C1=O. The van der Waals surface area contributed by atoms with Crippen molar-refractivity contribution in [2.45, 2.75) is 25.3 Å². The van der Waals surface area contributed by atoms with Crippen molar-refractivity contribution < 1.29 is 14.4 Å². The molecule has 1 aliphatic rings. The van der Waals surface area contributed by atoms with Crippen molar-refractivity contribution in [2.24, 2.45) is 0 Å². The lowest BCUT2D eigenvalue weighted by Gasteiger charge is -2.28. The fourth-order valence-corrected chi connectivity index (χ4v) is 2.16. The summed E-state index contributed by atoms with van der Waals surface area (Å²) in [5.41, 5.74) is 7.04. The van der Waals surface area contributed by atoms with Crippen LogP contribution in [0.3, 0.4) is 0 Å². The van der Waals surface area contributed by atoms with Gasteiger partial charge in [-0.15, -0.1) is 0 Å². The Balaban J connectivity index is 1.97. The van der Waals surface area contributed by atoms with Gasteiger partial charge in [0.25, 0.3) is 5.91 Å². The second kappa shape index (κ2) is 5.73. The number of benzene rings is 1. The van der Waals surface area contributed by atoms with Crippen LogP contribution in [0.15, 0.2) is 24.3 Å². The Labute approximate surface area is 116 Å². The van der Waals surface area contributed by atoms with Gasteiger partial charge in [-0.25, -0.2) is 0 Å². The van der Waals surface area contributed by atoms with Crippen LogP contribution in [0.5, 0.6) is 0 Å². The minimum atomic E-state index is -0.630. The van der Waals surface area contributed by atoms with Crippen molar-refractivity contribution >= 4 is 23.4 Å². The zero-order valence-electron chi connectivity index (χ0n) is 11.3. The molecular weight excluding hydrogens is 258 g/mol. The Hall–Kier alpha value is -2.37. The normalized spacial score (nSPS) is 19.1. The fraction of sp³-hybridized carbons (Fsp3) is 0.357. The lowest BCUT2D eigenvalue weighted by molar-refractivity contribution is -0.149. The number of imide groups is 1. The van der Waals surface area contributed by atoms with Gasteiger partial charge in [0.2, 0.25) is 11.8 Å². The van der Waals surface area contributed by atoms with Crippen LogP contribution in [-0.2, 0) is 20.8 Å². The monoisotopic (exact) mass is 275 g/mol. The summed E-state index contributed by atoms with van der Waals surface area (Å²) in [6, 6.07) is 6.46. The zero-order chi connectivity index (χ0) is 14.7. The van der Waals surface area contributed by atoms with Gasteiger partial charge in [-0.05, 0) is 18.1 Å². The van der Waals surface area contributed by atoms with Gasteiger partial charge in [-0.1, -0.05) is 18.2 Å². The fourth-order valence-electron chi connectivity index (χ4n) is 2.16. The summed E-state index contributed by atoms with van der Waals surface area (Å²) < 4.78 is 0. The summed E-state index contributed by atoms with van der Waals surface area (Å²) in [7, 11) is 1.43. The van der Waals surface area contributed by atoms with Gasteiger partial charge in [0, 0.05) is 19.2 Å². The van der Waals surface area contributed by atoms with Crippen LogP contribution in [0.1, 0.15) is 18.4 Å². The third-order valence-electron chi connectivity index (χ3n) is 3.39. The largest absolute Gasteiger partial charge is 0.398 e. The molecule has 3 amide bonds. The van der Waals surface area contributed by atoms with Crippen molar-refractivity contribution in [3.63, 3.8) is 0 Å². The molecule has 1 unspecified atom stereocenters. The van der Waals surface area contributed by atoms with E-state index in [0.29, 0.717) is 12.1 Å². The predicted molar refractivity (Wildman–Crippen MR) is 73.5 cm³/mol. The second-order valence-corrected chi connectivity index (χ2v) is 4.83.